The Balaban J connectivity index is 1.77. The van der Waals surface area contributed by atoms with Crippen LogP contribution in [0.15, 0.2) is 0 Å². The molecule has 3 N–H and O–H groups in total. The lowest BCUT2D eigenvalue weighted by Gasteiger charge is -2.33. The van der Waals surface area contributed by atoms with Crippen molar-refractivity contribution in [2.75, 3.05) is 19.6 Å². The number of hydrogen-bond acceptors (Lipinski definition) is 4. The molecule has 1 unspecified atom stereocenters. The van der Waals surface area contributed by atoms with Crippen LogP contribution >= 0.6 is 0 Å². The van der Waals surface area contributed by atoms with Crippen LogP contribution in [-0.4, -0.2) is 54.6 Å². The molecule has 2 rings (SSSR count). The number of hydrogen-bond donors (Lipinski definition) is 2. The monoisotopic (exact) mass is 325 g/mol. The van der Waals surface area contributed by atoms with E-state index in [-0.39, 0.29) is 36.0 Å². The second kappa shape index (κ2) is 8.11. The van der Waals surface area contributed by atoms with Gasteiger partial charge >= 0.3 is 0 Å². The van der Waals surface area contributed by atoms with Crippen LogP contribution in [-0.2, 0) is 14.3 Å². The Hall–Kier alpha value is -1.14. The first-order chi connectivity index (χ1) is 10.9. The highest BCUT2D eigenvalue weighted by atomic mass is 16.5. The summed E-state index contributed by atoms with van der Waals surface area (Å²) in [6, 6.07) is 0.183. The number of carbonyl (C=O) groups is 2. The highest BCUT2D eigenvalue weighted by Crippen LogP contribution is 2.24. The summed E-state index contributed by atoms with van der Waals surface area (Å²) >= 11 is 0. The molecule has 0 aromatic carbocycles. The molecule has 2 saturated heterocycles. The first-order valence-electron chi connectivity index (χ1n) is 8.87. The minimum absolute atomic E-state index is 0.0153. The van der Waals surface area contributed by atoms with Gasteiger partial charge in [-0.15, -0.1) is 0 Å². The Morgan fingerprint density at radius 3 is 2.35 bits per heavy atom. The molecule has 2 aliphatic rings. The fourth-order valence-corrected chi connectivity index (χ4v) is 3.14. The molecule has 2 heterocycles. The van der Waals surface area contributed by atoms with Crippen LogP contribution in [0.25, 0.3) is 0 Å². The number of nitrogens with one attached hydrogen (secondary N) is 1. The number of piperidine rings is 1. The van der Waals surface area contributed by atoms with Crippen LogP contribution in [0.3, 0.4) is 0 Å². The summed E-state index contributed by atoms with van der Waals surface area (Å²) in [5.41, 5.74) is 5.59. The second-order valence-corrected chi connectivity index (χ2v) is 7.20. The van der Waals surface area contributed by atoms with Gasteiger partial charge in [-0.2, -0.15) is 0 Å². The van der Waals surface area contributed by atoms with Crippen molar-refractivity contribution >= 4 is 11.8 Å². The van der Waals surface area contributed by atoms with Gasteiger partial charge in [0.1, 0.15) is 6.10 Å². The topological polar surface area (TPSA) is 84.7 Å². The van der Waals surface area contributed by atoms with Crippen molar-refractivity contribution < 1.29 is 14.3 Å². The molecule has 132 valence electrons. The summed E-state index contributed by atoms with van der Waals surface area (Å²) in [5.74, 6) is 0.631. The van der Waals surface area contributed by atoms with Gasteiger partial charge in [0.2, 0.25) is 5.91 Å². The molecule has 0 aromatic heterocycles. The van der Waals surface area contributed by atoms with Crippen LogP contribution in [0.4, 0.5) is 0 Å². The zero-order valence-corrected chi connectivity index (χ0v) is 14.6. The minimum atomic E-state index is -0.338. The minimum Gasteiger partial charge on any atom is -0.364 e. The molecule has 2 amide bonds. The third kappa shape index (κ3) is 4.67. The van der Waals surface area contributed by atoms with Crippen molar-refractivity contribution in [3.05, 3.63) is 0 Å². The smallest absolute Gasteiger partial charge is 0.251 e. The molecule has 0 aromatic rings. The summed E-state index contributed by atoms with van der Waals surface area (Å²) in [4.78, 5) is 26.6. The van der Waals surface area contributed by atoms with Gasteiger partial charge in [0.25, 0.3) is 5.91 Å². The fraction of sp³-hybridized carbons (Fsp3) is 0.882. The Kier molecular flexibility index (Phi) is 6.41. The zero-order chi connectivity index (χ0) is 17.0. The first kappa shape index (κ1) is 18.2. The molecule has 6 nitrogen and oxygen atoms in total. The molecule has 0 bridgehead atoms. The van der Waals surface area contributed by atoms with Gasteiger partial charge in [0.05, 0.1) is 6.10 Å². The lowest BCUT2D eigenvalue weighted by molar-refractivity contribution is -0.145. The molecule has 3 atom stereocenters. The summed E-state index contributed by atoms with van der Waals surface area (Å²) in [6.45, 7) is 7.98. The van der Waals surface area contributed by atoms with E-state index in [0.717, 1.165) is 25.7 Å². The number of carbonyl (C=O) groups excluding carboxylic acids is 2. The number of nitrogens with zero attached hydrogens (tertiary/aromatic N) is 1. The van der Waals surface area contributed by atoms with Gasteiger partial charge in [-0.05, 0) is 38.5 Å². The van der Waals surface area contributed by atoms with Gasteiger partial charge in [0.15, 0.2) is 0 Å². The molecule has 0 saturated carbocycles. The van der Waals surface area contributed by atoms with Crippen molar-refractivity contribution in [1.29, 1.82) is 0 Å². The number of ether oxygens (including phenoxy) is 1. The van der Waals surface area contributed by atoms with Crippen LogP contribution in [0.5, 0.6) is 0 Å². The third-order valence-electron chi connectivity index (χ3n) is 5.19. The Labute approximate surface area is 139 Å². The number of amides is 2. The average molecular weight is 325 g/mol. The zero-order valence-electron chi connectivity index (χ0n) is 14.6. The Morgan fingerprint density at radius 1 is 1.17 bits per heavy atom. The van der Waals surface area contributed by atoms with Crippen LogP contribution in [0.2, 0.25) is 0 Å². The van der Waals surface area contributed by atoms with Gasteiger partial charge in [-0.1, -0.05) is 13.8 Å². The van der Waals surface area contributed by atoms with Crippen LogP contribution < -0.4 is 11.1 Å². The van der Waals surface area contributed by atoms with E-state index < -0.39 is 0 Å². The van der Waals surface area contributed by atoms with E-state index >= 15 is 0 Å². The van der Waals surface area contributed by atoms with E-state index in [1.54, 1.807) is 0 Å². The van der Waals surface area contributed by atoms with Crippen molar-refractivity contribution in [3.8, 4) is 0 Å². The van der Waals surface area contributed by atoms with Crippen LogP contribution in [0.1, 0.15) is 46.5 Å². The molecular weight excluding hydrogens is 294 g/mol. The molecule has 0 aliphatic carbocycles. The van der Waals surface area contributed by atoms with E-state index in [1.807, 2.05) is 11.8 Å². The van der Waals surface area contributed by atoms with E-state index in [9.17, 15) is 9.59 Å². The van der Waals surface area contributed by atoms with Crippen molar-refractivity contribution in [2.45, 2.75) is 64.7 Å². The molecule has 0 spiro atoms. The Morgan fingerprint density at radius 2 is 1.83 bits per heavy atom. The average Bonchev–Trinajstić information content (AvgIpc) is 3.03. The lowest BCUT2D eigenvalue weighted by atomic mass is 9.94. The normalized spacial score (nSPS) is 27.3. The highest BCUT2D eigenvalue weighted by Gasteiger charge is 2.35. The number of nitrogens with two attached hydrogens (primary N) is 1. The van der Waals surface area contributed by atoms with Crippen molar-refractivity contribution in [1.82, 2.24) is 10.2 Å². The predicted molar refractivity (Wildman–Crippen MR) is 88.7 cm³/mol. The van der Waals surface area contributed by atoms with Gasteiger partial charge in [0, 0.05) is 31.6 Å². The Bertz CT molecular complexity index is 419. The van der Waals surface area contributed by atoms with E-state index in [1.165, 1.54) is 0 Å². The largest absolute Gasteiger partial charge is 0.364 e. The van der Waals surface area contributed by atoms with Crippen molar-refractivity contribution in [3.63, 3.8) is 0 Å². The number of likely N-dealkylation sites (tertiary alicyclic amines) is 1. The summed E-state index contributed by atoms with van der Waals surface area (Å²) < 4.78 is 5.68. The maximum Gasteiger partial charge on any atom is 0.251 e. The third-order valence-corrected chi connectivity index (χ3v) is 5.19. The highest BCUT2D eigenvalue weighted by molar-refractivity contribution is 5.82. The van der Waals surface area contributed by atoms with Gasteiger partial charge in [-0.3, -0.25) is 9.59 Å². The standard InChI is InChI=1S/C17H31N3O3/c1-11(2)12(3)19-16(21)13-6-8-20(9-7-13)17(22)15-5-4-14(10-18)23-15/h11-15H,4-10,18H2,1-3H3,(H,19,21)/t12?,14-,15+/m1/s1. The maximum absolute atomic E-state index is 12.5. The summed E-state index contributed by atoms with van der Waals surface area (Å²) in [7, 11) is 0. The summed E-state index contributed by atoms with van der Waals surface area (Å²) in [6.07, 6.45) is 2.76. The molecule has 0 radical (unpaired) electrons. The van der Waals surface area contributed by atoms with Gasteiger partial charge in [-0.25, -0.2) is 0 Å². The lowest BCUT2D eigenvalue weighted by Crippen LogP contribution is -2.48. The quantitative estimate of drug-likeness (QED) is 0.786. The molecule has 2 fully saturated rings. The maximum atomic E-state index is 12.5. The van der Waals surface area contributed by atoms with E-state index in [0.29, 0.717) is 25.6 Å². The first-order valence-corrected chi connectivity index (χ1v) is 8.87. The molecule has 2 aliphatic heterocycles. The van der Waals surface area contributed by atoms with Crippen LogP contribution in [0, 0.1) is 11.8 Å². The predicted octanol–water partition coefficient (Wildman–Crippen LogP) is 0.892. The van der Waals surface area contributed by atoms with E-state index in [2.05, 4.69) is 19.2 Å². The molecule has 6 heteroatoms. The fourth-order valence-electron chi connectivity index (χ4n) is 3.14. The van der Waals surface area contributed by atoms with Crippen molar-refractivity contribution in [2.24, 2.45) is 17.6 Å². The SMILES string of the molecule is CC(C)C(C)NC(=O)C1CCN(C(=O)[C@@H]2CC[C@H](CN)O2)CC1. The second-order valence-electron chi connectivity index (χ2n) is 7.20. The number of rotatable bonds is 5. The molecule has 23 heavy (non-hydrogen) atoms. The van der Waals surface area contributed by atoms with Gasteiger partial charge < -0.3 is 20.7 Å². The van der Waals surface area contributed by atoms with E-state index in [4.69, 9.17) is 10.5 Å². The summed E-state index contributed by atoms with van der Waals surface area (Å²) in [5, 5.41) is 3.08. The molecular formula is C17H31N3O3.